The SMILES string of the molecule is CCCCCCCCCCCCCCCCC(=O)OC[C@H](COP(=O)(O)OC[C@@H](O)COP(=O)(O)OC[C@@H](COC(=O)CCCCCCC)OC(=O)CCCCCCCCC(C)C)OC(=O)CCCCCCCCCCCCCCC(C)C. The Labute approximate surface area is 505 Å². The van der Waals surface area contributed by atoms with Gasteiger partial charge in [-0.05, 0) is 37.5 Å². The van der Waals surface area contributed by atoms with Gasteiger partial charge in [-0.3, -0.25) is 37.3 Å². The van der Waals surface area contributed by atoms with E-state index in [0.29, 0.717) is 31.6 Å². The Kier molecular flexibility index (Phi) is 55.2. The molecule has 5 atom stereocenters. The van der Waals surface area contributed by atoms with Crippen LogP contribution >= 0.6 is 15.6 Å². The minimum absolute atomic E-state index is 0.101. The summed E-state index contributed by atoms with van der Waals surface area (Å²) in [6.45, 7) is 9.33. The quantitative estimate of drug-likeness (QED) is 0.0222. The average Bonchev–Trinajstić information content (AvgIpc) is 3.45. The lowest BCUT2D eigenvalue weighted by Crippen LogP contribution is -2.30. The van der Waals surface area contributed by atoms with Gasteiger partial charge in [0.25, 0.3) is 0 Å². The molecule has 0 radical (unpaired) electrons. The fraction of sp³-hybridized carbons (Fsp3) is 0.938. The van der Waals surface area contributed by atoms with E-state index < -0.39 is 97.5 Å². The third-order valence-corrected chi connectivity index (χ3v) is 16.6. The van der Waals surface area contributed by atoms with Crippen LogP contribution in [-0.4, -0.2) is 96.7 Å². The van der Waals surface area contributed by atoms with Gasteiger partial charge >= 0.3 is 39.5 Å². The van der Waals surface area contributed by atoms with Gasteiger partial charge in [0.15, 0.2) is 12.2 Å². The molecular formula is C64H124O17P2. The molecule has 0 bridgehead atoms. The van der Waals surface area contributed by atoms with Crippen LogP contribution in [-0.2, 0) is 65.4 Å². The van der Waals surface area contributed by atoms with Gasteiger partial charge in [-0.25, -0.2) is 9.13 Å². The van der Waals surface area contributed by atoms with Crippen molar-refractivity contribution in [2.45, 2.75) is 336 Å². The van der Waals surface area contributed by atoms with Gasteiger partial charge in [-0.15, -0.1) is 0 Å². The molecule has 0 aliphatic carbocycles. The number of hydrogen-bond donors (Lipinski definition) is 3. The van der Waals surface area contributed by atoms with E-state index in [1.54, 1.807) is 0 Å². The van der Waals surface area contributed by atoms with Crippen LogP contribution in [0.5, 0.6) is 0 Å². The van der Waals surface area contributed by atoms with Crippen molar-refractivity contribution in [1.82, 2.24) is 0 Å². The van der Waals surface area contributed by atoms with Crippen molar-refractivity contribution in [3.63, 3.8) is 0 Å². The highest BCUT2D eigenvalue weighted by molar-refractivity contribution is 7.47. The number of aliphatic hydroxyl groups excluding tert-OH is 1. The molecule has 0 saturated heterocycles. The topological polar surface area (TPSA) is 237 Å². The number of carbonyl (C=O) groups excluding carboxylic acids is 4. The molecule has 0 fully saturated rings. The van der Waals surface area contributed by atoms with Crippen LogP contribution in [0.2, 0.25) is 0 Å². The van der Waals surface area contributed by atoms with Crippen molar-refractivity contribution in [1.29, 1.82) is 0 Å². The van der Waals surface area contributed by atoms with Crippen molar-refractivity contribution in [2.24, 2.45) is 11.8 Å². The van der Waals surface area contributed by atoms with Gasteiger partial charge in [-0.2, -0.15) is 0 Å². The van der Waals surface area contributed by atoms with Crippen LogP contribution in [0.25, 0.3) is 0 Å². The van der Waals surface area contributed by atoms with Gasteiger partial charge in [-0.1, -0.05) is 266 Å². The fourth-order valence-corrected chi connectivity index (χ4v) is 11.1. The molecule has 0 aromatic rings. The summed E-state index contributed by atoms with van der Waals surface area (Å²) in [6.07, 6.45) is 39.5. The van der Waals surface area contributed by atoms with E-state index in [4.69, 9.17) is 37.0 Å². The predicted molar refractivity (Wildman–Crippen MR) is 331 cm³/mol. The van der Waals surface area contributed by atoms with Crippen LogP contribution in [0.4, 0.5) is 0 Å². The maximum Gasteiger partial charge on any atom is 0.472 e. The minimum atomic E-state index is -4.94. The highest BCUT2D eigenvalue weighted by Crippen LogP contribution is 2.45. The molecule has 0 saturated carbocycles. The maximum atomic E-state index is 13.0. The molecule has 2 unspecified atom stereocenters. The molecule has 0 aromatic heterocycles. The van der Waals surface area contributed by atoms with E-state index in [1.165, 1.54) is 128 Å². The molecule has 0 amide bonds. The van der Waals surface area contributed by atoms with E-state index in [-0.39, 0.29) is 25.7 Å². The second-order valence-electron chi connectivity index (χ2n) is 24.1. The summed E-state index contributed by atoms with van der Waals surface area (Å²) in [5.41, 5.74) is 0. The van der Waals surface area contributed by atoms with E-state index in [0.717, 1.165) is 102 Å². The second-order valence-corrected chi connectivity index (χ2v) is 27.0. The lowest BCUT2D eigenvalue weighted by molar-refractivity contribution is -0.161. The van der Waals surface area contributed by atoms with Crippen LogP contribution in [0.1, 0.15) is 318 Å². The zero-order valence-electron chi connectivity index (χ0n) is 53.5. The Bertz CT molecular complexity index is 1630. The zero-order chi connectivity index (χ0) is 61.5. The van der Waals surface area contributed by atoms with E-state index in [9.17, 15) is 43.2 Å². The summed E-state index contributed by atoms with van der Waals surface area (Å²) < 4.78 is 67.8. The van der Waals surface area contributed by atoms with Crippen LogP contribution in [0, 0.1) is 11.8 Å². The molecule has 0 aliphatic rings. The Morgan fingerprint density at radius 1 is 0.325 bits per heavy atom. The molecule has 0 spiro atoms. The summed E-state index contributed by atoms with van der Waals surface area (Å²) in [4.78, 5) is 71.9. The molecular weight excluding hydrogens is 1100 g/mol. The smallest absolute Gasteiger partial charge is 0.462 e. The third kappa shape index (κ3) is 58.8. The highest BCUT2D eigenvalue weighted by atomic mass is 31.2. The Hall–Kier alpha value is -1.94. The van der Waals surface area contributed by atoms with Crippen molar-refractivity contribution in [3.05, 3.63) is 0 Å². The van der Waals surface area contributed by atoms with Crippen LogP contribution in [0.15, 0.2) is 0 Å². The largest absolute Gasteiger partial charge is 0.472 e. The summed E-state index contributed by atoms with van der Waals surface area (Å²) in [7, 11) is -9.88. The van der Waals surface area contributed by atoms with Gasteiger partial charge in [0.2, 0.25) is 0 Å². The van der Waals surface area contributed by atoms with Crippen molar-refractivity contribution >= 4 is 39.5 Å². The predicted octanol–water partition coefficient (Wildman–Crippen LogP) is 17.7. The standard InChI is InChI=1S/C64H124O17P2/c1-7-9-11-13-14-15-16-17-18-22-25-28-35-41-47-62(67)75-53-60(80-63(68)48-42-36-29-26-23-20-19-21-24-27-33-38-44-56(3)4)55-79-83(72,73)77-51-58(65)50-76-82(70,71)78-54-59(52-74-61(66)46-40-32-12-10-8-2)81-64(69)49-43-37-31-30-34-39-45-57(5)6/h56-60,65H,7-55H2,1-6H3,(H,70,71)(H,72,73)/t58-,59+,60+/m0/s1. The number of esters is 4. The first-order valence-corrected chi connectivity index (χ1v) is 36.5. The molecule has 17 nitrogen and oxygen atoms in total. The Morgan fingerprint density at radius 3 is 0.819 bits per heavy atom. The molecule has 0 heterocycles. The maximum absolute atomic E-state index is 13.0. The van der Waals surface area contributed by atoms with Gasteiger partial charge in [0, 0.05) is 25.7 Å². The lowest BCUT2D eigenvalue weighted by atomic mass is 10.0. The monoisotopic (exact) mass is 1230 g/mol. The molecule has 0 aromatic carbocycles. The van der Waals surface area contributed by atoms with Gasteiger partial charge in [0.05, 0.1) is 26.4 Å². The molecule has 0 rings (SSSR count). The Morgan fingerprint density at radius 2 is 0.554 bits per heavy atom. The van der Waals surface area contributed by atoms with Gasteiger partial charge < -0.3 is 33.8 Å². The number of rotatable bonds is 63. The molecule has 3 N–H and O–H groups in total. The number of phosphoric ester groups is 2. The third-order valence-electron chi connectivity index (χ3n) is 14.7. The summed E-state index contributed by atoms with van der Waals surface area (Å²) in [5, 5.41) is 10.5. The summed E-state index contributed by atoms with van der Waals surface area (Å²) >= 11 is 0. The van der Waals surface area contributed by atoms with E-state index in [2.05, 4.69) is 41.5 Å². The molecule has 0 aliphatic heterocycles. The van der Waals surface area contributed by atoms with Crippen molar-refractivity contribution < 1.29 is 80.2 Å². The minimum Gasteiger partial charge on any atom is -0.462 e. The number of hydrogen-bond acceptors (Lipinski definition) is 15. The zero-order valence-corrected chi connectivity index (χ0v) is 55.3. The highest BCUT2D eigenvalue weighted by Gasteiger charge is 2.30. The fourth-order valence-electron chi connectivity index (χ4n) is 9.53. The van der Waals surface area contributed by atoms with Gasteiger partial charge in [0.1, 0.15) is 19.3 Å². The first-order chi connectivity index (χ1) is 39.9. The number of ether oxygens (including phenoxy) is 4. The number of carbonyl (C=O) groups is 4. The summed E-state index contributed by atoms with van der Waals surface area (Å²) in [5.74, 6) is -0.701. The average molecular weight is 1230 g/mol. The van der Waals surface area contributed by atoms with Crippen LogP contribution in [0.3, 0.4) is 0 Å². The Balaban J connectivity index is 5.17. The van der Waals surface area contributed by atoms with E-state index in [1.807, 2.05) is 0 Å². The lowest BCUT2D eigenvalue weighted by Gasteiger charge is -2.21. The molecule has 83 heavy (non-hydrogen) atoms. The molecule has 492 valence electrons. The van der Waals surface area contributed by atoms with E-state index >= 15 is 0 Å². The van der Waals surface area contributed by atoms with Crippen LogP contribution < -0.4 is 0 Å². The first kappa shape index (κ1) is 81.1. The van der Waals surface area contributed by atoms with Crippen molar-refractivity contribution in [2.75, 3.05) is 39.6 Å². The number of aliphatic hydroxyl groups is 1. The number of phosphoric acid groups is 2. The first-order valence-electron chi connectivity index (χ1n) is 33.5. The number of unbranched alkanes of at least 4 members (excludes halogenated alkanes) is 33. The summed E-state index contributed by atoms with van der Waals surface area (Å²) in [6, 6.07) is 0. The second kappa shape index (κ2) is 56.6. The van der Waals surface area contributed by atoms with Crippen molar-refractivity contribution in [3.8, 4) is 0 Å². The normalized spacial score (nSPS) is 14.3. The molecule has 19 heteroatoms.